The number of rotatable bonds is 4. The molecule has 0 aromatic heterocycles. The molecule has 0 unspecified atom stereocenters. The Hall–Kier alpha value is -0.300. The van der Waals surface area contributed by atoms with Gasteiger partial charge in [-0.25, -0.2) is 0 Å². The molecule has 2 bridgehead atoms. The largest absolute Gasteiger partial charge is 0.314 e. The first-order chi connectivity index (χ1) is 6.29. The van der Waals surface area contributed by atoms with Crippen LogP contribution in [-0.2, 0) is 0 Å². The van der Waals surface area contributed by atoms with E-state index in [0.29, 0.717) is 6.04 Å². The van der Waals surface area contributed by atoms with Gasteiger partial charge in [0.2, 0.25) is 0 Å². The molecule has 0 aliphatic heterocycles. The minimum atomic E-state index is 0.697. The Labute approximate surface area is 81.6 Å². The van der Waals surface area contributed by atoms with Gasteiger partial charge in [-0.15, -0.1) is 0 Å². The first-order valence-electron chi connectivity index (χ1n) is 5.71. The molecule has 0 radical (unpaired) electrons. The lowest BCUT2D eigenvalue weighted by atomic mass is 9.93. The van der Waals surface area contributed by atoms with E-state index in [1.54, 1.807) is 0 Å². The lowest BCUT2D eigenvalue weighted by Gasteiger charge is -2.21. The molecule has 4 atom stereocenters. The normalized spacial score (nSPS) is 38.5. The summed E-state index contributed by atoms with van der Waals surface area (Å²) in [5.41, 5.74) is 0. The van der Waals surface area contributed by atoms with E-state index in [2.05, 4.69) is 31.3 Å². The smallest absolute Gasteiger partial charge is 0.00362 e. The van der Waals surface area contributed by atoms with Gasteiger partial charge in [-0.05, 0) is 50.5 Å². The van der Waals surface area contributed by atoms with Crippen LogP contribution in [0.5, 0.6) is 0 Å². The highest BCUT2D eigenvalue weighted by Crippen LogP contribution is 2.42. The molecule has 0 amide bonds. The molecule has 2 aliphatic carbocycles. The van der Waals surface area contributed by atoms with Gasteiger partial charge in [0.1, 0.15) is 0 Å². The zero-order valence-corrected chi connectivity index (χ0v) is 8.79. The Balaban J connectivity index is 1.75. The molecule has 13 heavy (non-hydrogen) atoms. The van der Waals surface area contributed by atoms with Gasteiger partial charge in [0.15, 0.2) is 0 Å². The summed E-state index contributed by atoms with van der Waals surface area (Å²) in [7, 11) is 0. The van der Waals surface area contributed by atoms with Crippen LogP contribution in [0.2, 0.25) is 0 Å². The minimum absolute atomic E-state index is 0.697. The SMILES string of the molecule is CC[C@H](C)NC[C@@H]1C[C@H]2C=C[C@H]1C2. The first kappa shape index (κ1) is 9.26. The van der Waals surface area contributed by atoms with Gasteiger partial charge in [-0.1, -0.05) is 19.1 Å². The second-order valence-corrected chi connectivity index (χ2v) is 4.76. The maximum absolute atomic E-state index is 3.63. The van der Waals surface area contributed by atoms with Gasteiger partial charge in [-0.3, -0.25) is 0 Å². The molecule has 0 saturated heterocycles. The topological polar surface area (TPSA) is 12.0 Å². The molecule has 0 aromatic rings. The van der Waals surface area contributed by atoms with Crippen LogP contribution in [-0.4, -0.2) is 12.6 Å². The van der Waals surface area contributed by atoms with Gasteiger partial charge in [-0.2, -0.15) is 0 Å². The number of fused-ring (bicyclic) bond motifs is 2. The molecule has 2 aliphatic rings. The van der Waals surface area contributed by atoms with Crippen molar-refractivity contribution in [3.63, 3.8) is 0 Å². The summed E-state index contributed by atoms with van der Waals surface area (Å²) >= 11 is 0. The second-order valence-electron chi connectivity index (χ2n) is 4.76. The van der Waals surface area contributed by atoms with E-state index in [4.69, 9.17) is 0 Å². The van der Waals surface area contributed by atoms with Crippen LogP contribution >= 0.6 is 0 Å². The number of nitrogens with one attached hydrogen (secondary N) is 1. The van der Waals surface area contributed by atoms with Crippen LogP contribution in [0.4, 0.5) is 0 Å². The van der Waals surface area contributed by atoms with Gasteiger partial charge in [0, 0.05) is 6.04 Å². The third-order valence-corrected chi connectivity index (χ3v) is 3.76. The number of hydrogen-bond donors (Lipinski definition) is 1. The third kappa shape index (κ3) is 1.96. The maximum Gasteiger partial charge on any atom is 0.00362 e. The quantitative estimate of drug-likeness (QED) is 0.654. The van der Waals surface area contributed by atoms with E-state index in [0.717, 1.165) is 17.8 Å². The molecule has 1 heteroatoms. The predicted octanol–water partition coefficient (Wildman–Crippen LogP) is 2.59. The average molecular weight is 179 g/mol. The highest BCUT2D eigenvalue weighted by molar-refractivity contribution is 5.10. The fourth-order valence-corrected chi connectivity index (χ4v) is 2.63. The monoisotopic (exact) mass is 179 g/mol. The van der Waals surface area contributed by atoms with E-state index in [1.807, 2.05) is 0 Å². The Bertz CT molecular complexity index is 197. The van der Waals surface area contributed by atoms with Crippen LogP contribution in [0.3, 0.4) is 0 Å². The molecular weight excluding hydrogens is 158 g/mol. The molecule has 74 valence electrons. The molecule has 2 rings (SSSR count). The summed E-state index contributed by atoms with van der Waals surface area (Å²) in [5, 5.41) is 3.63. The van der Waals surface area contributed by atoms with Gasteiger partial charge >= 0.3 is 0 Å². The van der Waals surface area contributed by atoms with Crippen LogP contribution in [0.25, 0.3) is 0 Å². The van der Waals surface area contributed by atoms with Crippen LogP contribution in [0, 0.1) is 17.8 Å². The van der Waals surface area contributed by atoms with E-state index in [1.165, 1.54) is 25.8 Å². The van der Waals surface area contributed by atoms with Crippen LogP contribution in [0.1, 0.15) is 33.1 Å². The molecule has 1 saturated carbocycles. The highest BCUT2D eigenvalue weighted by atomic mass is 14.9. The summed E-state index contributed by atoms with van der Waals surface area (Å²) in [6.07, 6.45) is 8.98. The molecule has 0 spiro atoms. The fourth-order valence-electron chi connectivity index (χ4n) is 2.63. The van der Waals surface area contributed by atoms with Crippen molar-refractivity contribution >= 4 is 0 Å². The highest BCUT2D eigenvalue weighted by Gasteiger charge is 2.35. The van der Waals surface area contributed by atoms with Crippen molar-refractivity contribution in [3.8, 4) is 0 Å². The molecule has 1 N–H and O–H groups in total. The van der Waals surface area contributed by atoms with E-state index < -0.39 is 0 Å². The van der Waals surface area contributed by atoms with E-state index in [9.17, 15) is 0 Å². The fraction of sp³-hybridized carbons (Fsp3) is 0.833. The standard InChI is InChI=1S/C12H21N/c1-3-9(2)13-8-12-7-10-4-5-11(12)6-10/h4-5,9-13H,3,6-8H2,1-2H3/t9-,10-,11-,12-/m0/s1. The van der Waals surface area contributed by atoms with E-state index >= 15 is 0 Å². The number of allylic oxidation sites excluding steroid dienone is 2. The zero-order chi connectivity index (χ0) is 9.26. The first-order valence-corrected chi connectivity index (χ1v) is 5.71. The van der Waals surface area contributed by atoms with Crippen molar-refractivity contribution in [3.05, 3.63) is 12.2 Å². The molecular formula is C12H21N. The molecule has 0 heterocycles. The lowest BCUT2D eigenvalue weighted by Crippen LogP contribution is -2.32. The Kier molecular flexibility index (Phi) is 2.73. The van der Waals surface area contributed by atoms with Crippen molar-refractivity contribution in [2.45, 2.75) is 39.2 Å². The van der Waals surface area contributed by atoms with Crippen molar-refractivity contribution in [1.82, 2.24) is 5.32 Å². The van der Waals surface area contributed by atoms with Gasteiger partial charge in [0.05, 0.1) is 0 Å². The summed E-state index contributed by atoms with van der Waals surface area (Å²) in [5.74, 6) is 2.76. The predicted molar refractivity (Wildman–Crippen MR) is 56.6 cm³/mol. The van der Waals surface area contributed by atoms with E-state index in [-0.39, 0.29) is 0 Å². The molecule has 0 aromatic carbocycles. The maximum atomic E-state index is 3.63. The van der Waals surface area contributed by atoms with Gasteiger partial charge in [0.25, 0.3) is 0 Å². The zero-order valence-electron chi connectivity index (χ0n) is 8.79. The average Bonchev–Trinajstić information content (AvgIpc) is 2.74. The summed E-state index contributed by atoms with van der Waals surface area (Å²) in [6, 6.07) is 0.697. The Morgan fingerprint density at radius 3 is 2.77 bits per heavy atom. The van der Waals surface area contributed by atoms with Crippen LogP contribution < -0.4 is 5.32 Å². The molecule has 1 fully saturated rings. The van der Waals surface area contributed by atoms with Crippen molar-refractivity contribution in [1.29, 1.82) is 0 Å². The number of hydrogen-bond acceptors (Lipinski definition) is 1. The summed E-state index contributed by atoms with van der Waals surface area (Å²) in [6.45, 7) is 5.77. The Morgan fingerprint density at radius 1 is 1.38 bits per heavy atom. The summed E-state index contributed by atoms with van der Waals surface area (Å²) < 4.78 is 0. The summed E-state index contributed by atoms with van der Waals surface area (Å²) in [4.78, 5) is 0. The Morgan fingerprint density at radius 2 is 2.23 bits per heavy atom. The minimum Gasteiger partial charge on any atom is -0.314 e. The molecule has 1 nitrogen and oxygen atoms in total. The second kappa shape index (κ2) is 3.83. The lowest BCUT2D eigenvalue weighted by molar-refractivity contribution is 0.386. The van der Waals surface area contributed by atoms with Crippen molar-refractivity contribution in [2.75, 3.05) is 6.54 Å². The third-order valence-electron chi connectivity index (χ3n) is 3.76. The van der Waals surface area contributed by atoms with Crippen LogP contribution in [0.15, 0.2) is 12.2 Å². The van der Waals surface area contributed by atoms with Crippen molar-refractivity contribution < 1.29 is 0 Å². The van der Waals surface area contributed by atoms with Crippen molar-refractivity contribution in [2.24, 2.45) is 17.8 Å². The van der Waals surface area contributed by atoms with Gasteiger partial charge < -0.3 is 5.32 Å².